The molecule has 8 heteroatoms. The Labute approximate surface area is 153 Å². The maximum Gasteiger partial charge on any atom is 0.315 e. The van der Waals surface area contributed by atoms with Crippen LogP contribution in [-0.2, 0) is 14.6 Å². The van der Waals surface area contributed by atoms with Crippen LogP contribution in [0.15, 0.2) is 18.2 Å². The molecule has 3 atom stereocenters. The predicted molar refractivity (Wildman–Crippen MR) is 99.8 cm³/mol. The minimum absolute atomic E-state index is 0.00569. The lowest BCUT2D eigenvalue weighted by atomic mass is 10.0. The highest BCUT2D eigenvalue weighted by atomic mass is 32.2. The maximum atomic E-state index is 12.2. The molecule has 0 saturated carbocycles. The minimum atomic E-state index is -3.21. The highest BCUT2D eigenvalue weighted by molar-refractivity contribution is 7.92. The van der Waals surface area contributed by atoms with Crippen molar-refractivity contribution in [2.75, 3.05) is 11.1 Å². The van der Waals surface area contributed by atoms with Crippen LogP contribution in [0.4, 0.5) is 10.5 Å². The van der Waals surface area contributed by atoms with Gasteiger partial charge in [-0.3, -0.25) is 4.79 Å². The van der Waals surface area contributed by atoms with Crippen molar-refractivity contribution in [1.82, 2.24) is 10.6 Å². The first-order valence-corrected chi connectivity index (χ1v) is 10.6. The second-order valence-corrected chi connectivity index (χ2v) is 9.55. The van der Waals surface area contributed by atoms with Crippen molar-refractivity contribution in [1.29, 1.82) is 0 Å². The average Bonchev–Trinajstić information content (AvgIpc) is 2.94. The Bertz CT molecular complexity index is 801. The van der Waals surface area contributed by atoms with Crippen LogP contribution in [0.5, 0.6) is 0 Å². The van der Waals surface area contributed by atoms with Gasteiger partial charge in [0.2, 0.25) is 5.91 Å². The number of hydrogen-bond donors (Lipinski definition) is 3. The van der Waals surface area contributed by atoms with Crippen LogP contribution >= 0.6 is 0 Å². The zero-order valence-corrected chi connectivity index (χ0v) is 15.9. The molecule has 2 heterocycles. The molecule has 2 fully saturated rings. The van der Waals surface area contributed by atoms with Gasteiger partial charge < -0.3 is 16.0 Å². The molecule has 0 radical (unpaired) electrons. The zero-order valence-electron chi connectivity index (χ0n) is 15.0. The van der Waals surface area contributed by atoms with E-state index in [4.69, 9.17) is 0 Å². The third-order valence-electron chi connectivity index (χ3n) is 4.97. The Balaban J connectivity index is 1.46. The molecule has 3 amide bonds. The van der Waals surface area contributed by atoms with E-state index in [0.29, 0.717) is 25.7 Å². The first kappa shape index (κ1) is 18.7. The first-order valence-electron chi connectivity index (χ1n) is 8.91. The van der Waals surface area contributed by atoms with Gasteiger partial charge in [-0.25, -0.2) is 13.2 Å². The SMILES string of the molecule is Cc1cc(C)cc(NC(=O)CCCC[C@@H]2[C@H]3NC(=O)N[C@H]3CS2(=O)=O)c1. The summed E-state index contributed by atoms with van der Waals surface area (Å²) >= 11 is 0. The van der Waals surface area contributed by atoms with E-state index in [1.54, 1.807) is 0 Å². The minimum Gasteiger partial charge on any atom is -0.332 e. The number of amides is 3. The van der Waals surface area contributed by atoms with E-state index in [-0.39, 0.29) is 29.8 Å². The molecule has 1 aromatic carbocycles. The number of hydrogen-bond acceptors (Lipinski definition) is 4. The second-order valence-electron chi connectivity index (χ2n) is 7.29. The van der Waals surface area contributed by atoms with Crippen molar-refractivity contribution >= 4 is 27.5 Å². The molecule has 142 valence electrons. The van der Waals surface area contributed by atoms with E-state index in [1.165, 1.54) is 0 Å². The molecule has 3 rings (SSSR count). The van der Waals surface area contributed by atoms with E-state index in [9.17, 15) is 18.0 Å². The van der Waals surface area contributed by atoms with E-state index in [1.807, 2.05) is 32.0 Å². The summed E-state index contributed by atoms with van der Waals surface area (Å²) in [5, 5.41) is 7.68. The van der Waals surface area contributed by atoms with Crippen molar-refractivity contribution in [3.63, 3.8) is 0 Å². The van der Waals surface area contributed by atoms with E-state index in [0.717, 1.165) is 16.8 Å². The van der Waals surface area contributed by atoms with Crippen LogP contribution in [0.1, 0.15) is 36.8 Å². The van der Waals surface area contributed by atoms with Crippen LogP contribution in [0.25, 0.3) is 0 Å². The molecular weight excluding hydrogens is 354 g/mol. The van der Waals surface area contributed by atoms with Crippen molar-refractivity contribution in [3.8, 4) is 0 Å². The van der Waals surface area contributed by atoms with Gasteiger partial charge in [0.25, 0.3) is 0 Å². The van der Waals surface area contributed by atoms with Crippen molar-refractivity contribution in [2.45, 2.75) is 56.9 Å². The zero-order chi connectivity index (χ0) is 18.9. The van der Waals surface area contributed by atoms with Gasteiger partial charge in [-0.05, 0) is 49.9 Å². The predicted octanol–water partition coefficient (Wildman–Crippen LogP) is 1.65. The number of nitrogens with one attached hydrogen (secondary N) is 3. The number of rotatable bonds is 6. The first-order chi connectivity index (χ1) is 12.2. The summed E-state index contributed by atoms with van der Waals surface area (Å²) in [6.45, 7) is 3.96. The molecule has 2 aliphatic heterocycles. The van der Waals surface area contributed by atoms with Crippen LogP contribution in [0.2, 0.25) is 0 Å². The molecular formula is C18H25N3O4S. The fourth-order valence-corrected chi connectivity index (χ4v) is 6.18. The number of urea groups is 1. The molecule has 7 nitrogen and oxygen atoms in total. The number of unbranched alkanes of at least 4 members (excludes halogenated alkanes) is 1. The van der Waals surface area contributed by atoms with Gasteiger partial charge in [-0.1, -0.05) is 12.5 Å². The van der Waals surface area contributed by atoms with E-state index in [2.05, 4.69) is 16.0 Å². The van der Waals surface area contributed by atoms with Crippen molar-refractivity contribution < 1.29 is 18.0 Å². The Morgan fingerprint density at radius 3 is 2.54 bits per heavy atom. The largest absolute Gasteiger partial charge is 0.332 e. The van der Waals surface area contributed by atoms with E-state index < -0.39 is 15.1 Å². The summed E-state index contributed by atoms with van der Waals surface area (Å²) in [5.41, 5.74) is 2.97. The Hall–Kier alpha value is -2.09. The van der Waals surface area contributed by atoms with Crippen LogP contribution in [0.3, 0.4) is 0 Å². The monoisotopic (exact) mass is 379 g/mol. The number of aryl methyl sites for hydroxylation is 2. The van der Waals surface area contributed by atoms with Gasteiger partial charge in [0.1, 0.15) is 0 Å². The second kappa shape index (κ2) is 7.26. The number of anilines is 1. The third-order valence-corrected chi connectivity index (χ3v) is 7.24. The molecule has 0 spiro atoms. The van der Waals surface area contributed by atoms with Crippen molar-refractivity contribution in [2.24, 2.45) is 0 Å². The molecule has 26 heavy (non-hydrogen) atoms. The lowest BCUT2D eigenvalue weighted by Gasteiger charge is -2.16. The third kappa shape index (κ3) is 4.17. The fourth-order valence-electron chi connectivity index (χ4n) is 3.91. The average molecular weight is 379 g/mol. The highest BCUT2D eigenvalue weighted by Crippen LogP contribution is 2.28. The fraction of sp³-hybridized carbons (Fsp3) is 0.556. The molecule has 0 aliphatic carbocycles. The number of carbonyl (C=O) groups is 2. The van der Waals surface area contributed by atoms with E-state index >= 15 is 0 Å². The maximum absolute atomic E-state index is 12.2. The summed E-state index contributed by atoms with van der Waals surface area (Å²) in [5.74, 6) is -0.0770. The Kier molecular flexibility index (Phi) is 5.22. The normalized spacial score (nSPS) is 26.1. The van der Waals surface area contributed by atoms with Crippen LogP contribution < -0.4 is 16.0 Å². The Morgan fingerprint density at radius 1 is 1.15 bits per heavy atom. The number of sulfone groups is 1. The molecule has 1 aromatic rings. The Morgan fingerprint density at radius 2 is 1.85 bits per heavy atom. The van der Waals surface area contributed by atoms with Crippen LogP contribution in [0, 0.1) is 13.8 Å². The smallest absolute Gasteiger partial charge is 0.315 e. The molecule has 0 unspecified atom stereocenters. The summed E-state index contributed by atoms with van der Waals surface area (Å²) in [6, 6.07) is 4.91. The lowest BCUT2D eigenvalue weighted by molar-refractivity contribution is -0.116. The molecule has 3 N–H and O–H groups in total. The van der Waals surface area contributed by atoms with Gasteiger partial charge in [0, 0.05) is 12.1 Å². The van der Waals surface area contributed by atoms with Gasteiger partial charge in [-0.2, -0.15) is 0 Å². The molecule has 2 saturated heterocycles. The summed E-state index contributed by atoms with van der Waals surface area (Å²) in [4.78, 5) is 23.5. The van der Waals surface area contributed by atoms with Crippen LogP contribution in [-0.4, -0.2) is 43.4 Å². The summed E-state index contributed by atoms with van der Waals surface area (Å²) in [7, 11) is -3.21. The highest BCUT2D eigenvalue weighted by Gasteiger charge is 2.51. The van der Waals surface area contributed by atoms with Gasteiger partial charge in [0.05, 0.1) is 23.1 Å². The standard InChI is InChI=1S/C18H25N3O4S/c1-11-7-12(2)9-13(8-11)19-16(22)6-4-3-5-15-17-14(10-26(15,24)25)20-18(23)21-17/h7-9,14-15,17H,3-6,10H2,1-2H3,(H,19,22)(H2,20,21,23)/t14-,15+,17-/m0/s1. The van der Waals surface area contributed by atoms with Gasteiger partial charge >= 0.3 is 6.03 Å². The quantitative estimate of drug-likeness (QED) is 0.516. The van der Waals surface area contributed by atoms with Gasteiger partial charge in [0.15, 0.2) is 9.84 Å². The lowest BCUT2D eigenvalue weighted by Crippen LogP contribution is -2.39. The number of fused-ring (bicyclic) bond motifs is 1. The number of benzene rings is 1. The summed E-state index contributed by atoms with van der Waals surface area (Å²) in [6.07, 6.45) is 2.05. The molecule has 2 aliphatic rings. The molecule has 0 aromatic heterocycles. The summed E-state index contributed by atoms with van der Waals surface area (Å²) < 4.78 is 24.5. The topological polar surface area (TPSA) is 104 Å². The van der Waals surface area contributed by atoms with Crippen molar-refractivity contribution in [3.05, 3.63) is 29.3 Å². The molecule has 0 bridgehead atoms. The number of carbonyl (C=O) groups excluding carboxylic acids is 2. The van der Waals surface area contributed by atoms with Gasteiger partial charge in [-0.15, -0.1) is 0 Å².